The van der Waals surface area contributed by atoms with Gasteiger partial charge in [-0.1, -0.05) is 53.0 Å². The second-order valence-electron chi connectivity index (χ2n) is 9.64. The number of aromatic nitrogens is 1. The maximum Gasteiger partial charge on any atom is 0.324 e. The number of nitrogens with zero attached hydrogens (tertiary/aromatic N) is 5. The van der Waals surface area contributed by atoms with Crippen molar-refractivity contribution in [2.24, 2.45) is 5.10 Å². The molecule has 1 aliphatic heterocycles. The molecule has 5 aromatic rings. The van der Waals surface area contributed by atoms with E-state index in [-0.39, 0.29) is 15.5 Å². The zero-order valence-electron chi connectivity index (χ0n) is 22.2. The summed E-state index contributed by atoms with van der Waals surface area (Å²) in [5.41, 5.74) is 4.08. The molecule has 1 aliphatic rings. The number of thiazole rings is 1. The standard InChI is InChI=1S/C29H23N5O5S3/c1-19-6-12-25-26(16-19)41-29(31-25)33(30-17-23-9-13-27(40-23)34(36)37)28(35)21-7-10-24(11-8-21)42(38,39)32-15-14-20-4-2-3-5-22(20)18-32/h2-13,16-17H,14-15,18H2,1H3/b30-17+. The number of carbonyl (C=O) groups excluding carboxylic acids is 1. The quantitative estimate of drug-likeness (QED) is 0.125. The minimum absolute atomic E-state index is 0.0428. The normalized spacial score (nSPS) is 13.8. The lowest BCUT2D eigenvalue weighted by Crippen LogP contribution is -2.36. The van der Waals surface area contributed by atoms with Crippen molar-refractivity contribution in [3.8, 4) is 0 Å². The van der Waals surface area contributed by atoms with Gasteiger partial charge in [0.15, 0.2) is 0 Å². The van der Waals surface area contributed by atoms with Crippen LogP contribution in [0.1, 0.15) is 31.9 Å². The van der Waals surface area contributed by atoms with Gasteiger partial charge in [0.25, 0.3) is 5.91 Å². The lowest BCUT2D eigenvalue weighted by Gasteiger charge is -2.28. The fraction of sp³-hybridized carbons (Fsp3) is 0.138. The molecule has 0 fully saturated rings. The summed E-state index contributed by atoms with van der Waals surface area (Å²) in [7, 11) is -3.78. The molecule has 13 heteroatoms. The highest BCUT2D eigenvalue weighted by molar-refractivity contribution is 7.89. The maximum absolute atomic E-state index is 13.7. The number of aryl methyl sites for hydroxylation is 1. The number of fused-ring (bicyclic) bond motifs is 2. The molecule has 0 radical (unpaired) electrons. The van der Waals surface area contributed by atoms with E-state index in [1.165, 1.54) is 52.2 Å². The van der Waals surface area contributed by atoms with Crippen LogP contribution in [-0.4, -0.2) is 41.3 Å². The lowest BCUT2D eigenvalue weighted by atomic mass is 10.0. The third-order valence-electron chi connectivity index (χ3n) is 6.83. The molecule has 0 atom stereocenters. The number of hydrogen-bond acceptors (Lipinski definition) is 9. The predicted molar refractivity (Wildman–Crippen MR) is 164 cm³/mol. The molecule has 0 N–H and O–H groups in total. The molecular weight excluding hydrogens is 595 g/mol. The highest BCUT2D eigenvalue weighted by atomic mass is 32.2. The van der Waals surface area contributed by atoms with Gasteiger partial charge in [-0.3, -0.25) is 14.9 Å². The molecule has 2 aromatic heterocycles. The van der Waals surface area contributed by atoms with E-state index in [0.29, 0.717) is 35.0 Å². The maximum atomic E-state index is 13.7. The molecule has 0 unspecified atom stereocenters. The van der Waals surface area contributed by atoms with Gasteiger partial charge in [0, 0.05) is 24.7 Å². The van der Waals surface area contributed by atoms with E-state index in [4.69, 9.17) is 0 Å². The van der Waals surface area contributed by atoms with Crippen LogP contribution in [0.4, 0.5) is 10.1 Å². The molecule has 0 bridgehead atoms. The van der Waals surface area contributed by atoms with Gasteiger partial charge in [-0.15, -0.1) is 0 Å². The van der Waals surface area contributed by atoms with Gasteiger partial charge in [-0.2, -0.15) is 14.4 Å². The number of sulfonamides is 1. The summed E-state index contributed by atoms with van der Waals surface area (Å²) < 4.78 is 29.2. The first-order chi connectivity index (χ1) is 20.2. The first-order valence-corrected chi connectivity index (χ1v) is 15.9. The monoisotopic (exact) mass is 617 g/mol. The van der Waals surface area contributed by atoms with Gasteiger partial charge in [0.2, 0.25) is 15.2 Å². The number of thiophene rings is 1. The van der Waals surface area contributed by atoms with E-state index < -0.39 is 20.9 Å². The number of anilines is 1. The molecule has 6 rings (SSSR count). The summed E-state index contributed by atoms with van der Waals surface area (Å²) in [5.74, 6) is -0.524. The number of carbonyl (C=O) groups is 1. The van der Waals surface area contributed by atoms with Crippen molar-refractivity contribution < 1.29 is 18.1 Å². The summed E-state index contributed by atoms with van der Waals surface area (Å²) >= 11 is 2.21. The third kappa shape index (κ3) is 5.46. The van der Waals surface area contributed by atoms with Crippen molar-refractivity contribution in [3.63, 3.8) is 0 Å². The molecule has 0 spiro atoms. The fourth-order valence-electron chi connectivity index (χ4n) is 4.64. The van der Waals surface area contributed by atoms with E-state index in [9.17, 15) is 23.3 Å². The summed E-state index contributed by atoms with van der Waals surface area (Å²) in [6.07, 6.45) is 2.01. The van der Waals surface area contributed by atoms with E-state index in [1.54, 1.807) is 6.07 Å². The Bertz CT molecular complexity index is 1960. The van der Waals surface area contributed by atoms with Crippen LogP contribution in [0, 0.1) is 17.0 Å². The van der Waals surface area contributed by atoms with Gasteiger partial charge in [-0.05, 0) is 72.5 Å². The lowest BCUT2D eigenvalue weighted by molar-refractivity contribution is -0.380. The van der Waals surface area contributed by atoms with Crippen LogP contribution in [0.25, 0.3) is 10.2 Å². The SMILES string of the molecule is Cc1ccc2nc(N(/N=C/c3ccc([N+](=O)[O-])s3)C(=O)c3ccc(S(=O)(=O)N4CCc5ccccc5C4)cc3)sc2c1. The number of nitro groups is 1. The number of rotatable bonds is 7. The Labute approximate surface area is 249 Å². The van der Waals surface area contributed by atoms with Crippen LogP contribution in [0.5, 0.6) is 0 Å². The number of benzene rings is 3. The first kappa shape index (κ1) is 27.8. The Morgan fingerprint density at radius 3 is 2.55 bits per heavy atom. The van der Waals surface area contributed by atoms with Crippen molar-refractivity contribution >= 4 is 65.2 Å². The van der Waals surface area contributed by atoms with Crippen molar-refractivity contribution in [1.29, 1.82) is 0 Å². The van der Waals surface area contributed by atoms with Crippen LogP contribution in [0.3, 0.4) is 0 Å². The van der Waals surface area contributed by atoms with Crippen molar-refractivity contribution in [3.05, 3.63) is 116 Å². The van der Waals surface area contributed by atoms with Gasteiger partial charge in [0.05, 0.1) is 31.1 Å². The highest BCUT2D eigenvalue weighted by Gasteiger charge is 2.29. The molecule has 0 aliphatic carbocycles. The van der Waals surface area contributed by atoms with Gasteiger partial charge >= 0.3 is 5.00 Å². The first-order valence-electron chi connectivity index (χ1n) is 12.9. The zero-order valence-corrected chi connectivity index (χ0v) is 24.7. The Hall–Kier alpha value is -4.30. The number of amides is 1. The van der Waals surface area contributed by atoms with Crippen LogP contribution in [0.15, 0.2) is 88.9 Å². The Morgan fingerprint density at radius 1 is 1.05 bits per heavy atom. The van der Waals surface area contributed by atoms with Gasteiger partial charge < -0.3 is 0 Å². The van der Waals surface area contributed by atoms with Crippen molar-refractivity contribution in [1.82, 2.24) is 9.29 Å². The summed E-state index contributed by atoms with van der Waals surface area (Å²) in [6.45, 7) is 2.63. The minimum atomic E-state index is -3.78. The Morgan fingerprint density at radius 2 is 1.81 bits per heavy atom. The molecule has 212 valence electrons. The highest BCUT2D eigenvalue weighted by Crippen LogP contribution is 2.32. The molecule has 1 amide bonds. The molecular formula is C29H23N5O5S3. The number of hydrogen-bond donors (Lipinski definition) is 0. The predicted octanol–water partition coefficient (Wildman–Crippen LogP) is 6.00. The van der Waals surface area contributed by atoms with E-state index in [2.05, 4.69) is 10.1 Å². The molecule has 10 nitrogen and oxygen atoms in total. The second-order valence-corrected chi connectivity index (χ2v) is 13.7. The molecule has 0 saturated heterocycles. The second kappa shape index (κ2) is 11.2. The van der Waals surface area contributed by atoms with Crippen LogP contribution in [0.2, 0.25) is 0 Å². The molecule has 0 saturated carbocycles. The average Bonchev–Trinajstić information content (AvgIpc) is 3.64. The van der Waals surface area contributed by atoms with Crippen LogP contribution >= 0.6 is 22.7 Å². The van der Waals surface area contributed by atoms with E-state index >= 15 is 0 Å². The number of hydrazone groups is 1. The molecule has 42 heavy (non-hydrogen) atoms. The van der Waals surface area contributed by atoms with Gasteiger partial charge in [0.1, 0.15) is 0 Å². The zero-order chi connectivity index (χ0) is 29.4. The largest absolute Gasteiger partial charge is 0.324 e. The average molecular weight is 618 g/mol. The van der Waals surface area contributed by atoms with Gasteiger partial charge in [-0.25, -0.2) is 13.4 Å². The van der Waals surface area contributed by atoms with Crippen molar-refractivity contribution in [2.45, 2.75) is 24.8 Å². The smallest absolute Gasteiger partial charge is 0.267 e. The summed E-state index contributed by atoms with van der Waals surface area (Å²) in [6, 6.07) is 22.2. The van der Waals surface area contributed by atoms with Crippen LogP contribution < -0.4 is 5.01 Å². The van der Waals surface area contributed by atoms with E-state index in [0.717, 1.165) is 37.7 Å². The van der Waals surface area contributed by atoms with E-state index in [1.807, 2.05) is 49.4 Å². The topological polar surface area (TPSA) is 126 Å². The summed E-state index contributed by atoms with van der Waals surface area (Å²) in [4.78, 5) is 29.5. The summed E-state index contributed by atoms with van der Waals surface area (Å²) in [5, 5.41) is 16.9. The third-order valence-corrected chi connectivity index (χ3v) is 10.7. The molecule has 3 aromatic carbocycles. The Balaban J connectivity index is 1.30. The Kier molecular flexibility index (Phi) is 7.41. The van der Waals surface area contributed by atoms with Crippen molar-refractivity contribution in [2.75, 3.05) is 11.6 Å². The minimum Gasteiger partial charge on any atom is -0.267 e. The van der Waals surface area contributed by atoms with Crippen LogP contribution in [-0.2, 0) is 23.0 Å². The fourth-order valence-corrected chi connectivity index (χ4v) is 7.77. The molecule has 3 heterocycles.